The van der Waals surface area contributed by atoms with Gasteiger partial charge in [-0.3, -0.25) is 8.37 Å². The summed E-state index contributed by atoms with van der Waals surface area (Å²) in [5, 5.41) is 0. The maximum atomic E-state index is 4.89. The first kappa shape index (κ1) is 5.41. The fourth-order valence-electron chi connectivity index (χ4n) is 0.424. The van der Waals surface area contributed by atoms with Crippen molar-refractivity contribution in [3.63, 3.8) is 0 Å². The molecule has 42 valence electrons. The van der Waals surface area contributed by atoms with E-state index in [1.807, 2.05) is 0 Å². The molecule has 1 fully saturated rings. The second kappa shape index (κ2) is 3.29. The molecule has 0 atom stereocenters. The number of hydrogen-bond donors (Lipinski definition) is 0. The molecule has 0 saturated carbocycles. The molecule has 0 aromatic heterocycles. The molecule has 0 aliphatic carbocycles. The second-order valence-corrected chi connectivity index (χ2v) is 2.03. The van der Waals surface area contributed by atoms with Gasteiger partial charge in [0.05, 0.1) is 13.2 Å². The molecule has 0 unspecified atom stereocenters. The molecule has 0 spiro atoms. The van der Waals surface area contributed by atoms with Crippen LogP contribution in [0.15, 0.2) is 0 Å². The molecule has 1 saturated heterocycles. The lowest BCUT2D eigenvalue weighted by molar-refractivity contribution is 0.335. The van der Waals surface area contributed by atoms with Gasteiger partial charge in [0.25, 0.3) is 0 Å². The van der Waals surface area contributed by atoms with E-state index in [0.29, 0.717) is 0 Å². The van der Waals surface area contributed by atoms with Crippen molar-refractivity contribution in [1.29, 1.82) is 0 Å². The minimum Gasteiger partial charge on any atom is -0.291 e. The van der Waals surface area contributed by atoms with Crippen molar-refractivity contribution < 1.29 is 8.37 Å². The molecule has 1 heterocycles. The Morgan fingerprint density at radius 3 is 2.14 bits per heavy atom. The minimum absolute atomic E-state index is 0.838. The molecular weight excluding hydrogens is 112 g/mol. The lowest BCUT2D eigenvalue weighted by Gasteiger charge is -1.89. The normalized spacial score (nSPS) is 24.0. The van der Waals surface area contributed by atoms with Gasteiger partial charge in [0.1, 0.15) is 0 Å². The zero-order valence-electron chi connectivity index (χ0n) is 4.05. The Morgan fingerprint density at radius 1 is 1.00 bits per heavy atom. The van der Waals surface area contributed by atoms with E-state index in [1.165, 1.54) is 0 Å². The second-order valence-electron chi connectivity index (χ2n) is 1.42. The maximum absolute atomic E-state index is 4.89. The van der Waals surface area contributed by atoms with Crippen molar-refractivity contribution in [2.75, 3.05) is 13.2 Å². The summed E-state index contributed by atoms with van der Waals surface area (Å²) in [5.74, 6) is 0. The molecule has 2 nitrogen and oxygen atoms in total. The van der Waals surface area contributed by atoms with E-state index < -0.39 is 0 Å². The first-order valence-corrected chi connectivity index (χ1v) is 3.08. The van der Waals surface area contributed by atoms with Crippen molar-refractivity contribution in [1.82, 2.24) is 0 Å². The third-order valence-electron chi connectivity index (χ3n) is 0.802. The van der Waals surface area contributed by atoms with Crippen LogP contribution in [-0.2, 0) is 8.37 Å². The van der Waals surface area contributed by atoms with Gasteiger partial charge >= 0.3 is 0 Å². The fourth-order valence-corrected chi connectivity index (χ4v) is 0.864. The molecule has 3 heteroatoms. The van der Waals surface area contributed by atoms with Crippen molar-refractivity contribution >= 4 is 12.3 Å². The third-order valence-corrected chi connectivity index (χ3v) is 1.33. The molecule has 1 aliphatic heterocycles. The van der Waals surface area contributed by atoms with E-state index in [1.54, 1.807) is 0 Å². The van der Waals surface area contributed by atoms with Crippen LogP contribution in [0, 0.1) is 0 Å². The van der Waals surface area contributed by atoms with Gasteiger partial charge in [0.15, 0.2) is 12.3 Å². The van der Waals surface area contributed by atoms with E-state index >= 15 is 0 Å². The maximum Gasteiger partial charge on any atom is 0.158 e. The molecule has 0 amide bonds. The summed E-state index contributed by atoms with van der Waals surface area (Å²) in [6.07, 6.45) is 2.26. The zero-order chi connectivity index (χ0) is 4.95. The van der Waals surface area contributed by atoms with Gasteiger partial charge in [0, 0.05) is 0 Å². The molecule has 1 aliphatic rings. The Bertz CT molecular complexity index is 29.3. The summed E-state index contributed by atoms with van der Waals surface area (Å²) in [6, 6.07) is 0. The van der Waals surface area contributed by atoms with Gasteiger partial charge in [-0.25, -0.2) is 0 Å². The smallest absolute Gasteiger partial charge is 0.158 e. The molecule has 0 radical (unpaired) electrons. The van der Waals surface area contributed by atoms with E-state index in [-0.39, 0.29) is 0 Å². The molecule has 0 aromatic carbocycles. The van der Waals surface area contributed by atoms with Crippen LogP contribution in [-0.4, -0.2) is 13.2 Å². The highest BCUT2D eigenvalue weighted by atomic mass is 32.2. The van der Waals surface area contributed by atoms with Gasteiger partial charge in [-0.15, -0.1) is 0 Å². The predicted molar refractivity (Wildman–Crippen MR) is 28.7 cm³/mol. The summed E-state index contributed by atoms with van der Waals surface area (Å²) >= 11 is 1.12. The Kier molecular flexibility index (Phi) is 2.55. The van der Waals surface area contributed by atoms with E-state index in [9.17, 15) is 0 Å². The van der Waals surface area contributed by atoms with E-state index in [0.717, 1.165) is 38.4 Å². The average Bonchev–Trinajstić information content (AvgIpc) is 1.90. The molecule has 0 N–H and O–H groups in total. The van der Waals surface area contributed by atoms with Gasteiger partial charge in [-0.05, 0) is 12.8 Å². The van der Waals surface area contributed by atoms with Gasteiger partial charge < -0.3 is 0 Å². The standard InChI is InChI=1S/C4H8O2S/c1-2-4-6-7-5-3-1/h1-4H2. The number of hydrogen-bond acceptors (Lipinski definition) is 3. The topological polar surface area (TPSA) is 18.5 Å². The van der Waals surface area contributed by atoms with Gasteiger partial charge in [0.2, 0.25) is 0 Å². The van der Waals surface area contributed by atoms with Crippen molar-refractivity contribution in [2.24, 2.45) is 0 Å². The Hall–Kier alpha value is 0.270. The molecule has 0 aromatic rings. The van der Waals surface area contributed by atoms with Gasteiger partial charge in [-0.1, -0.05) is 0 Å². The minimum atomic E-state index is 0.838. The SMILES string of the molecule is C1CCOSOC1. The quantitative estimate of drug-likeness (QED) is 0.450. The summed E-state index contributed by atoms with van der Waals surface area (Å²) in [7, 11) is 0. The summed E-state index contributed by atoms with van der Waals surface area (Å²) < 4.78 is 9.78. The highest BCUT2D eigenvalue weighted by Crippen LogP contribution is 2.11. The number of rotatable bonds is 0. The highest BCUT2D eigenvalue weighted by Gasteiger charge is 1.96. The van der Waals surface area contributed by atoms with Crippen LogP contribution in [0.1, 0.15) is 12.8 Å². The Morgan fingerprint density at radius 2 is 1.57 bits per heavy atom. The summed E-state index contributed by atoms with van der Waals surface area (Å²) in [6.45, 7) is 1.68. The van der Waals surface area contributed by atoms with Gasteiger partial charge in [-0.2, -0.15) is 0 Å². The van der Waals surface area contributed by atoms with Crippen LogP contribution in [0.3, 0.4) is 0 Å². The van der Waals surface area contributed by atoms with E-state index in [2.05, 4.69) is 0 Å². The fraction of sp³-hybridized carbons (Fsp3) is 1.00. The summed E-state index contributed by atoms with van der Waals surface area (Å²) in [5.41, 5.74) is 0. The third kappa shape index (κ3) is 2.16. The van der Waals surface area contributed by atoms with Crippen LogP contribution < -0.4 is 0 Å². The Labute approximate surface area is 47.6 Å². The van der Waals surface area contributed by atoms with Crippen LogP contribution in [0.2, 0.25) is 0 Å². The average molecular weight is 120 g/mol. The first-order valence-electron chi connectivity index (χ1n) is 2.41. The summed E-state index contributed by atoms with van der Waals surface area (Å²) in [4.78, 5) is 0. The van der Waals surface area contributed by atoms with Crippen LogP contribution in [0.25, 0.3) is 0 Å². The molecule has 1 rings (SSSR count). The van der Waals surface area contributed by atoms with Crippen molar-refractivity contribution in [2.45, 2.75) is 12.8 Å². The molecule has 7 heavy (non-hydrogen) atoms. The zero-order valence-corrected chi connectivity index (χ0v) is 4.87. The predicted octanol–water partition coefficient (Wildman–Crippen LogP) is 1.38. The van der Waals surface area contributed by atoms with Crippen LogP contribution in [0.4, 0.5) is 0 Å². The lowest BCUT2D eigenvalue weighted by atomic mass is 10.3. The van der Waals surface area contributed by atoms with Crippen LogP contribution >= 0.6 is 12.3 Å². The largest absolute Gasteiger partial charge is 0.291 e. The van der Waals surface area contributed by atoms with Crippen LogP contribution in [0.5, 0.6) is 0 Å². The van der Waals surface area contributed by atoms with Crippen molar-refractivity contribution in [3.8, 4) is 0 Å². The first-order chi connectivity index (χ1) is 3.50. The van der Waals surface area contributed by atoms with Crippen molar-refractivity contribution in [3.05, 3.63) is 0 Å². The van der Waals surface area contributed by atoms with E-state index in [4.69, 9.17) is 8.37 Å². The monoisotopic (exact) mass is 120 g/mol. The molecular formula is C4H8O2S. The lowest BCUT2D eigenvalue weighted by Crippen LogP contribution is -1.82. The Balaban J connectivity index is 2.04. The highest BCUT2D eigenvalue weighted by molar-refractivity contribution is 7.89. The molecule has 0 bridgehead atoms.